The predicted octanol–water partition coefficient (Wildman–Crippen LogP) is 3.78. The molecule has 0 aromatic carbocycles. The van der Waals surface area contributed by atoms with Gasteiger partial charge in [-0.15, -0.1) is 0 Å². The summed E-state index contributed by atoms with van der Waals surface area (Å²) in [5, 5.41) is 33.2. The standard InChI is InChI=1S/C36H64O12/c1-13-26-20(4)29(39)21(5)28(38)18(2)16-36(10,43-12)32(48-34-25(37)15-14-19(3)44-34)22(6)30(23(7)33(41)46-26)47-27-17-35(9,42-11)31(40)24(8)45-27/h18-27,29-32,34,37,39-40H,13-17H2,1-12H3/t18-,19-,20+,21+,22+,23-,24+,25-,26-,27+,29+,30+,31+,32-,34+,35-,36-/m1/s1. The monoisotopic (exact) mass is 688 g/mol. The number of Topliss-reactive ketones (excluding diaryl/α,β-unsaturated/α-hetero) is 1. The van der Waals surface area contributed by atoms with E-state index in [2.05, 4.69) is 0 Å². The number of rotatable bonds is 7. The summed E-state index contributed by atoms with van der Waals surface area (Å²) >= 11 is 0. The molecule has 3 aliphatic heterocycles. The minimum Gasteiger partial charge on any atom is -0.462 e. The number of aliphatic hydroxyl groups excluding tert-OH is 3. The van der Waals surface area contributed by atoms with Gasteiger partial charge in [-0.3, -0.25) is 9.59 Å². The summed E-state index contributed by atoms with van der Waals surface area (Å²) in [6.45, 7) is 18.1. The molecule has 0 amide bonds. The van der Waals surface area contributed by atoms with E-state index in [-0.39, 0.29) is 24.7 Å². The van der Waals surface area contributed by atoms with E-state index >= 15 is 0 Å². The summed E-state index contributed by atoms with van der Waals surface area (Å²) in [5.41, 5.74) is -2.12. The van der Waals surface area contributed by atoms with Gasteiger partial charge in [-0.05, 0) is 60.3 Å². The van der Waals surface area contributed by atoms with Crippen LogP contribution in [0.15, 0.2) is 0 Å². The first kappa shape index (κ1) is 41.2. The van der Waals surface area contributed by atoms with Crippen LogP contribution in [-0.2, 0) is 42.7 Å². The average Bonchev–Trinajstić information content (AvgIpc) is 3.06. The predicted molar refractivity (Wildman–Crippen MR) is 177 cm³/mol. The molecule has 0 aromatic heterocycles. The molecule has 3 heterocycles. The molecule has 3 rings (SSSR count). The van der Waals surface area contributed by atoms with Crippen LogP contribution in [-0.4, -0.2) is 114 Å². The Morgan fingerprint density at radius 2 is 1.44 bits per heavy atom. The number of hydrogen-bond donors (Lipinski definition) is 3. The molecule has 0 saturated carbocycles. The molecule has 48 heavy (non-hydrogen) atoms. The lowest BCUT2D eigenvalue weighted by atomic mass is 9.74. The second-order valence-corrected chi connectivity index (χ2v) is 15.2. The number of carbonyl (C=O) groups is 2. The van der Waals surface area contributed by atoms with Crippen LogP contribution >= 0.6 is 0 Å². The van der Waals surface area contributed by atoms with E-state index in [4.69, 9.17) is 33.2 Å². The Kier molecular flexibility index (Phi) is 14.5. The van der Waals surface area contributed by atoms with E-state index in [0.717, 1.165) is 0 Å². The van der Waals surface area contributed by atoms with Gasteiger partial charge in [0, 0.05) is 44.3 Å². The molecule has 3 N–H and O–H groups in total. The zero-order chi connectivity index (χ0) is 36.3. The van der Waals surface area contributed by atoms with Crippen LogP contribution in [0.4, 0.5) is 0 Å². The largest absolute Gasteiger partial charge is 0.462 e. The van der Waals surface area contributed by atoms with Crippen LogP contribution in [0, 0.1) is 29.6 Å². The minimum atomic E-state index is -1.15. The molecule has 0 unspecified atom stereocenters. The quantitative estimate of drug-likeness (QED) is 0.333. The maximum atomic E-state index is 14.0. The van der Waals surface area contributed by atoms with Gasteiger partial charge in [0.2, 0.25) is 0 Å². The van der Waals surface area contributed by atoms with Gasteiger partial charge in [0.15, 0.2) is 12.6 Å². The maximum absolute atomic E-state index is 14.0. The van der Waals surface area contributed by atoms with Gasteiger partial charge in [-0.25, -0.2) is 0 Å². The Hall–Kier alpha value is -1.22. The highest BCUT2D eigenvalue weighted by Crippen LogP contribution is 2.41. The topological polar surface area (TPSA) is 159 Å². The third-order valence-electron chi connectivity index (χ3n) is 11.5. The van der Waals surface area contributed by atoms with Gasteiger partial charge in [0.05, 0.1) is 47.6 Å². The molecule has 0 radical (unpaired) electrons. The van der Waals surface area contributed by atoms with Crippen LogP contribution in [0.3, 0.4) is 0 Å². The molecule has 0 aliphatic carbocycles. The second-order valence-electron chi connectivity index (χ2n) is 15.2. The zero-order valence-corrected chi connectivity index (χ0v) is 31.2. The lowest BCUT2D eigenvalue weighted by Crippen LogP contribution is -2.59. The van der Waals surface area contributed by atoms with Gasteiger partial charge < -0.3 is 48.5 Å². The van der Waals surface area contributed by atoms with Gasteiger partial charge in [0.25, 0.3) is 0 Å². The Labute approximate surface area is 287 Å². The Morgan fingerprint density at radius 1 is 0.812 bits per heavy atom. The first-order valence-electron chi connectivity index (χ1n) is 17.8. The molecular formula is C36H64O12. The minimum absolute atomic E-state index is 0.145. The third-order valence-corrected chi connectivity index (χ3v) is 11.5. The van der Waals surface area contributed by atoms with Crippen molar-refractivity contribution in [1.82, 2.24) is 0 Å². The molecule has 0 spiro atoms. The molecule has 0 bridgehead atoms. The van der Waals surface area contributed by atoms with Crippen LogP contribution < -0.4 is 0 Å². The zero-order valence-electron chi connectivity index (χ0n) is 31.2. The van der Waals surface area contributed by atoms with E-state index in [9.17, 15) is 24.9 Å². The fourth-order valence-electron chi connectivity index (χ4n) is 7.93. The highest BCUT2D eigenvalue weighted by molar-refractivity contribution is 5.83. The molecule has 280 valence electrons. The molecule has 0 aromatic rings. The lowest BCUT2D eigenvalue weighted by molar-refractivity contribution is -0.315. The van der Waals surface area contributed by atoms with Crippen molar-refractivity contribution < 1.29 is 58.1 Å². The number of hydrogen-bond acceptors (Lipinski definition) is 12. The highest BCUT2D eigenvalue weighted by atomic mass is 16.7. The van der Waals surface area contributed by atoms with Crippen molar-refractivity contribution in [3.63, 3.8) is 0 Å². The number of ether oxygens (including phenoxy) is 7. The summed E-state index contributed by atoms with van der Waals surface area (Å²) in [5.74, 6) is -3.95. The van der Waals surface area contributed by atoms with Crippen LogP contribution in [0.5, 0.6) is 0 Å². The number of methoxy groups -OCH3 is 2. The van der Waals surface area contributed by atoms with E-state index in [1.54, 1.807) is 41.7 Å². The summed E-state index contributed by atoms with van der Waals surface area (Å²) in [7, 11) is 3.07. The first-order chi connectivity index (χ1) is 22.3. The van der Waals surface area contributed by atoms with Crippen LogP contribution in [0.25, 0.3) is 0 Å². The molecule has 3 aliphatic rings. The van der Waals surface area contributed by atoms with Crippen molar-refractivity contribution in [2.75, 3.05) is 14.2 Å². The average molecular weight is 689 g/mol. The normalized spacial score (nSPS) is 48.9. The maximum Gasteiger partial charge on any atom is 0.311 e. The number of carbonyl (C=O) groups excluding carboxylic acids is 2. The Bertz CT molecular complexity index is 1060. The Morgan fingerprint density at radius 3 is 2.02 bits per heavy atom. The summed E-state index contributed by atoms with van der Waals surface area (Å²) in [4.78, 5) is 27.9. The number of cyclic esters (lactones) is 1. The molecule has 12 heteroatoms. The van der Waals surface area contributed by atoms with Gasteiger partial charge in [-0.2, -0.15) is 0 Å². The van der Waals surface area contributed by atoms with E-state index in [1.807, 2.05) is 34.6 Å². The van der Waals surface area contributed by atoms with Crippen molar-refractivity contribution in [2.24, 2.45) is 29.6 Å². The highest BCUT2D eigenvalue weighted by Gasteiger charge is 2.52. The summed E-state index contributed by atoms with van der Waals surface area (Å²) in [6.07, 6.45) is -5.96. The van der Waals surface area contributed by atoms with Crippen molar-refractivity contribution in [2.45, 2.75) is 174 Å². The van der Waals surface area contributed by atoms with Gasteiger partial charge in [0.1, 0.15) is 24.1 Å². The molecule has 3 saturated heterocycles. The second kappa shape index (κ2) is 16.9. The fraction of sp³-hybridized carbons (Fsp3) is 0.944. The molecular weight excluding hydrogens is 624 g/mol. The molecule has 3 fully saturated rings. The van der Waals surface area contributed by atoms with Crippen molar-refractivity contribution in [3.05, 3.63) is 0 Å². The van der Waals surface area contributed by atoms with Gasteiger partial charge in [-0.1, -0.05) is 34.6 Å². The number of esters is 1. The molecule has 12 nitrogen and oxygen atoms in total. The van der Waals surface area contributed by atoms with Crippen LogP contribution in [0.2, 0.25) is 0 Å². The van der Waals surface area contributed by atoms with E-state index in [1.165, 1.54) is 7.11 Å². The summed E-state index contributed by atoms with van der Waals surface area (Å²) in [6, 6.07) is 0. The Balaban J connectivity index is 2.16. The SMILES string of the molecule is CC[C@H]1OC(=O)[C@H](C)[C@@H](O[C@H]2C[C@@](C)(OC)[C@@H](O)[C@H](C)O2)[C@H](C)[C@@H](O[C@@H]2O[C@H](C)CC[C@H]2O)[C@](C)(OC)C[C@@H](C)C(=O)[C@H](C)[C@@H](O)[C@H]1C. The lowest BCUT2D eigenvalue weighted by Gasteiger charge is -2.49. The number of ketones is 1. The number of aliphatic hydroxyl groups is 3. The van der Waals surface area contributed by atoms with E-state index in [0.29, 0.717) is 19.3 Å². The molecule has 17 atom stereocenters. The third kappa shape index (κ3) is 8.98. The van der Waals surface area contributed by atoms with Gasteiger partial charge >= 0.3 is 5.97 Å². The fourth-order valence-corrected chi connectivity index (χ4v) is 7.93. The smallest absolute Gasteiger partial charge is 0.311 e. The van der Waals surface area contributed by atoms with Crippen LogP contribution in [0.1, 0.15) is 101 Å². The van der Waals surface area contributed by atoms with Crippen molar-refractivity contribution in [1.29, 1.82) is 0 Å². The summed E-state index contributed by atoms with van der Waals surface area (Å²) < 4.78 is 43.6. The van der Waals surface area contributed by atoms with Crippen molar-refractivity contribution in [3.8, 4) is 0 Å². The van der Waals surface area contributed by atoms with E-state index < -0.39 is 102 Å². The first-order valence-corrected chi connectivity index (χ1v) is 17.8. The van der Waals surface area contributed by atoms with Crippen molar-refractivity contribution >= 4 is 11.8 Å².